The molecule has 0 saturated carbocycles. The van der Waals surface area contributed by atoms with Crippen molar-refractivity contribution in [3.05, 3.63) is 58.9 Å². The molecule has 7 heteroatoms. The Bertz CT molecular complexity index is 1040. The number of aromatic nitrogens is 3. The number of hydrogen-bond acceptors (Lipinski definition) is 5. The summed E-state index contributed by atoms with van der Waals surface area (Å²) in [7, 11) is 4.02. The number of rotatable bonds is 5. The predicted molar refractivity (Wildman–Crippen MR) is 119 cm³/mol. The van der Waals surface area contributed by atoms with Gasteiger partial charge in [0.15, 0.2) is 5.65 Å². The van der Waals surface area contributed by atoms with Crippen LogP contribution in [0, 0.1) is 13.8 Å². The summed E-state index contributed by atoms with van der Waals surface area (Å²) in [6.07, 6.45) is 0. The van der Waals surface area contributed by atoms with Gasteiger partial charge in [-0.1, -0.05) is 30.3 Å². The molecule has 3 aromatic rings. The van der Waals surface area contributed by atoms with E-state index >= 15 is 0 Å². The van der Waals surface area contributed by atoms with Gasteiger partial charge in [-0.25, -0.2) is 4.98 Å². The molecule has 7 nitrogen and oxygen atoms in total. The fraction of sp³-hybridized carbons (Fsp3) is 0.435. The minimum Gasteiger partial charge on any atom is -0.344 e. The van der Waals surface area contributed by atoms with Crippen LogP contribution in [0.15, 0.2) is 36.4 Å². The van der Waals surface area contributed by atoms with Gasteiger partial charge in [-0.3, -0.25) is 14.4 Å². The molecule has 1 amide bonds. The van der Waals surface area contributed by atoms with Gasteiger partial charge >= 0.3 is 0 Å². The highest BCUT2D eigenvalue weighted by molar-refractivity contribution is 6.06. The maximum atomic E-state index is 13.4. The minimum atomic E-state index is -0.0809. The van der Waals surface area contributed by atoms with Gasteiger partial charge in [0, 0.05) is 45.5 Å². The lowest BCUT2D eigenvalue weighted by atomic mass is 10.0. The molecule has 0 radical (unpaired) electrons. The summed E-state index contributed by atoms with van der Waals surface area (Å²) in [5.74, 6) is -0.0791. The molecule has 3 heterocycles. The van der Waals surface area contributed by atoms with E-state index in [4.69, 9.17) is 0 Å². The zero-order valence-electron chi connectivity index (χ0n) is 18.2. The topological polar surface area (TPSA) is 66.3 Å². The summed E-state index contributed by atoms with van der Waals surface area (Å²) in [4.78, 5) is 22.8. The first kappa shape index (κ1) is 20.5. The van der Waals surface area contributed by atoms with E-state index < -0.39 is 0 Å². The second-order valence-electron chi connectivity index (χ2n) is 8.26. The molecule has 30 heavy (non-hydrogen) atoms. The summed E-state index contributed by atoms with van der Waals surface area (Å²) in [5, 5.41) is 8.60. The molecule has 4 rings (SSSR count). The van der Waals surface area contributed by atoms with Crippen LogP contribution in [0.25, 0.3) is 11.0 Å². The van der Waals surface area contributed by atoms with Gasteiger partial charge in [0.25, 0.3) is 5.91 Å². The Morgan fingerprint density at radius 3 is 2.50 bits per heavy atom. The van der Waals surface area contributed by atoms with Crippen LogP contribution in [0.3, 0.4) is 0 Å². The van der Waals surface area contributed by atoms with Crippen LogP contribution in [-0.4, -0.2) is 70.2 Å². The first-order valence-electron chi connectivity index (χ1n) is 10.5. The number of pyridine rings is 1. The first-order chi connectivity index (χ1) is 14.4. The Kier molecular flexibility index (Phi) is 5.83. The lowest BCUT2D eigenvalue weighted by Crippen LogP contribution is -2.47. The van der Waals surface area contributed by atoms with E-state index in [0.717, 1.165) is 60.7 Å². The van der Waals surface area contributed by atoms with Crippen LogP contribution in [0.1, 0.15) is 33.4 Å². The zero-order chi connectivity index (χ0) is 21.3. The highest BCUT2D eigenvalue weighted by Crippen LogP contribution is 2.23. The highest BCUT2D eigenvalue weighted by Gasteiger charge is 2.24. The molecule has 158 valence electrons. The van der Waals surface area contributed by atoms with Crippen LogP contribution in [-0.2, 0) is 7.05 Å². The molecule has 1 fully saturated rings. The van der Waals surface area contributed by atoms with E-state index in [-0.39, 0.29) is 11.9 Å². The number of likely N-dealkylation sites (N-methyl/N-ethyl adjacent to an activating group) is 1. The molecular formula is C23H30N6O. The van der Waals surface area contributed by atoms with Gasteiger partial charge in [0.05, 0.1) is 22.7 Å². The number of piperazine rings is 1. The molecule has 2 aromatic heterocycles. The van der Waals surface area contributed by atoms with Crippen molar-refractivity contribution >= 4 is 16.9 Å². The van der Waals surface area contributed by atoms with E-state index in [2.05, 4.69) is 44.4 Å². The number of nitrogens with one attached hydrogen (secondary N) is 1. The number of fused-ring (bicyclic) bond motifs is 1. The molecule has 1 unspecified atom stereocenters. The molecular weight excluding hydrogens is 376 g/mol. The van der Waals surface area contributed by atoms with Gasteiger partial charge < -0.3 is 10.2 Å². The van der Waals surface area contributed by atoms with E-state index in [1.807, 2.05) is 45.2 Å². The molecule has 0 bridgehead atoms. The molecule has 0 aliphatic carbocycles. The fourth-order valence-electron chi connectivity index (χ4n) is 4.19. The van der Waals surface area contributed by atoms with E-state index in [1.54, 1.807) is 4.68 Å². The number of amides is 1. The van der Waals surface area contributed by atoms with Gasteiger partial charge in [0.1, 0.15) is 0 Å². The lowest BCUT2D eigenvalue weighted by Gasteiger charge is -2.35. The first-order valence-corrected chi connectivity index (χ1v) is 10.5. The quantitative estimate of drug-likeness (QED) is 0.704. The van der Waals surface area contributed by atoms with Gasteiger partial charge in [-0.2, -0.15) is 5.10 Å². The Balaban J connectivity index is 1.63. The third-order valence-corrected chi connectivity index (χ3v) is 5.89. The Labute approximate surface area is 177 Å². The van der Waals surface area contributed by atoms with Crippen molar-refractivity contribution < 1.29 is 4.79 Å². The van der Waals surface area contributed by atoms with Crippen LogP contribution < -0.4 is 5.32 Å². The maximum absolute atomic E-state index is 13.4. The largest absolute Gasteiger partial charge is 0.344 e. The predicted octanol–water partition coefficient (Wildman–Crippen LogP) is 2.30. The van der Waals surface area contributed by atoms with Gasteiger partial charge in [0.2, 0.25) is 0 Å². The molecule has 1 N–H and O–H groups in total. The van der Waals surface area contributed by atoms with Gasteiger partial charge in [-0.15, -0.1) is 0 Å². The number of nitrogens with zero attached hydrogens (tertiary/aromatic N) is 5. The Morgan fingerprint density at radius 2 is 1.80 bits per heavy atom. The summed E-state index contributed by atoms with van der Waals surface area (Å²) >= 11 is 0. The monoisotopic (exact) mass is 406 g/mol. The van der Waals surface area contributed by atoms with Crippen LogP contribution >= 0.6 is 0 Å². The second kappa shape index (κ2) is 8.53. The van der Waals surface area contributed by atoms with Crippen LogP contribution in [0.5, 0.6) is 0 Å². The minimum absolute atomic E-state index is 0.0791. The average molecular weight is 407 g/mol. The molecule has 1 saturated heterocycles. The standard InChI is InChI=1S/C23H30N6O/c1-16-14-19(21-17(2)26-28(4)22(21)24-16)23(30)25-20(18-8-6-5-7-9-18)15-29-12-10-27(3)11-13-29/h5-9,14,20H,10-13,15H2,1-4H3,(H,25,30). The van der Waals surface area contributed by atoms with Crippen molar-refractivity contribution in [2.24, 2.45) is 7.05 Å². The highest BCUT2D eigenvalue weighted by atomic mass is 16.1. The fourth-order valence-corrected chi connectivity index (χ4v) is 4.19. The number of aryl methyl sites for hydroxylation is 3. The second-order valence-corrected chi connectivity index (χ2v) is 8.26. The molecule has 0 spiro atoms. The maximum Gasteiger partial charge on any atom is 0.252 e. The normalized spacial score (nSPS) is 16.7. The van der Waals surface area contributed by atoms with Crippen molar-refractivity contribution in [2.75, 3.05) is 39.8 Å². The molecule has 1 aliphatic heterocycles. The average Bonchev–Trinajstić information content (AvgIpc) is 3.02. The Morgan fingerprint density at radius 1 is 1.10 bits per heavy atom. The number of carbonyl (C=O) groups excluding carboxylic acids is 1. The van der Waals surface area contributed by atoms with Crippen molar-refractivity contribution in [1.29, 1.82) is 0 Å². The van der Waals surface area contributed by atoms with Crippen molar-refractivity contribution in [3.8, 4) is 0 Å². The smallest absolute Gasteiger partial charge is 0.252 e. The summed E-state index contributed by atoms with van der Waals surface area (Å²) in [6.45, 7) is 8.75. The van der Waals surface area contributed by atoms with Gasteiger partial charge in [-0.05, 0) is 32.5 Å². The van der Waals surface area contributed by atoms with E-state index in [0.29, 0.717) is 5.56 Å². The van der Waals surface area contributed by atoms with Crippen LogP contribution in [0.4, 0.5) is 0 Å². The molecule has 1 aromatic carbocycles. The van der Waals surface area contributed by atoms with Crippen molar-refractivity contribution in [3.63, 3.8) is 0 Å². The number of benzene rings is 1. The van der Waals surface area contributed by atoms with E-state index in [1.165, 1.54) is 0 Å². The lowest BCUT2D eigenvalue weighted by molar-refractivity contribution is 0.0908. The molecule has 1 aliphatic rings. The third kappa shape index (κ3) is 4.22. The number of carbonyl (C=O) groups is 1. The third-order valence-electron chi connectivity index (χ3n) is 5.89. The van der Waals surface area contributed by atoms with Crippen molar-refractivity contribution in [1.82, 2.24) is 29.9 Å². The van der Waals surface area contributed by atoms with E-state index in [9.17, 15) is 4.79 Å². The number of hydrogen-bond donors (Lipinski definition) is 1. The summed E-state index contributed by atoms with van der Waals surface area (Å²) in [5.41, 5.74) is 4.14. The SMILES string of the molecule is Cc1cc(C(=O)NC(CN2CCN(C)CC2)c2ccccc2)c2c(C)nn(C)c2n1. The van der Waals surface area contributed by atoms with Crippen LogP contribution in [0.2, 0.25) is 0 Å². The zero-order valence-corrected chi connectivity index (χ0v) is 18.2. The molecule has 1 atom stereocenters. The van der Waals surface area contributed by atoms with Crippen molar-refractivity contribution in [2.45, 2.75) is 19.9 Å². The summed E-state index contributed by atoms with van der Waals surface area (Å²) < 4.78 is 1.74. The Hall–Kier alpha value is -2.77. The summed E-state index contributed by atoms with van der Waals surface area (Å²) in [6, 6.07) is 12.0.